The maximum atomic E-state index is 6.24. The van der Waals surface area contributed by atoms with Crippen LogP contribution in [0.4, 0.5) is 0 Å². The lowest BCUT2D eigenvalue weighted by atomic mass is 9.97. The van der Waals surface area contributed by atoms with Gasteiger partial charge in [0.1, 0.15) is 5.75 Å². The van der Waals surface area contributed by atoms with Gasteiger partial charge in [0.15, 0.2) is 0 Å². The number of hydrogen-bond acceptors (Lipinski definition) is 3. The van der Waals surface area contributed by atoms with Crippen molar-refractivity contribution in [3.63, 3.8) is 0 Å². The van der Waals surface area contributed by atoms with Crippen LogP contribution in [0.5, 0.6) is 5.75 Å². The molecule has 0 aliphatic heterocycles. The highest BCUT2D eigenvalue weighted by atomic mass is 16.5. The average molecular weight is 251 g/mol. The number of rotatable bonds is 7. The Labute approximate surface area is 110 Å². The van der Waals surface area contributed by atoms with E-state index in [9.17, 15) is 0 Å². The van der Waals surface area contributed by atoms with Crippen molar-refractivity contribution in [1.82, 2.24) is 0 Å². The summed E-state index contributed by atoms with van der Waals surface area (Å²) in [5.74, 6) is 0.930. The van der Waals surface area contributed by atoms with Gasteiger partial charge < -0.3 is 15.2 Å². The van der Waals surface area contributed by atoms with Crippen LogP contribution in [0.15, 0.2) is 12.1 Å². The van der Waals surface area contributed by atoms with E-state index in [-0.39, 0.29) is 6.04 Å². The van der Waals surface area contributed by atoms with Crippen LogP contribution in [0.2, 0.25) is 0 Å². The summed E-state index contributed by atoms with van der Waals surface area (Å²) in [5, 5.41) is 0. The lowest BCUT2D eigenvalue weighted by molar-refractivity contribution is 0.142. The Balaban J connectivity index is 2.73. The van der Waals surface area contributed by atoms with Crippen LogP contribution in [0.1, 0.15) is 42.5 Å². The first-order valence-electron chi connectivity index (χ1n) is 6.59. The van der Waals surface area contributed by atoms with E-state index in [0.717, 1.165) is 37.4 Å². The van der Waals surface area contributed by atoms with Crippen LogP contribution in [0.3, 0.4) is 0 Å². The van der Waals surface area contributed by atoms with Gasteiger partial charge in [-0.3, -0.25) is 0 Å². The minimum atomic E-state index is 0.0136. The van der Waals surface area contributed by atoms with Crippen LogP contribution in [-0.2, 0) is 4.74 Å². The number of nitrogens with two attached hydrogens (primary N) is 1. The fraction of sp³-hybridized carbons (Fsp3) is 0.600. The predicted molar refractivity (Wildman–Crippen MR) is 75.1 cm³/mol. The molecule has 0 saturated carbocycles. The smallest absolute Gasteiger partial charge is 0.126 e. The quantitative estimate of drug-likeness (QED) is 0.757. The zero-order valence-electron chi connectivity index (χ0n) is 12.0. The van der Waals surface area contributed by atoms with E-state index in [2.05, 4.69) is 26.0 Å². The molecule has 0 fully saturated rings. The van der Waals surface area contributed by atoms with Crippen molar-refractivity contribution in [3.8, 4) is 5.75 Å². The molecular formula is C15H25NO2. The third kappa shape index (κ3) is 3.72. The third-order valence-corrected chi connectivity index (χ3v) is 3.32. The zero-order chi connectivity index (χ0) is 13.5. The summed E-state index contributed by atoms with van der Waals surface area (Å²) in [6.07, 6.45) is 1.89. The van der Waals surface area contributed by atoms with Crippen molar-refractivity contribution < 1.29 is 9.47 Å². The first-order valence-corrected chi connectivity index (χ1v) is 6.59. The second kappa shape index (κ2) is 7.39. The maximum Gasteiger partial charge on any atom is 0.126 e. The highest BCUT2D eigenvalue weighted by Gasteiger charge is 2.14. The largest absolute Gasteiger partial charge is 0.496 e. The molecule has 3 nitrogen and oxygen atoms in total. The number of methoxy groups -OCH3 is 1. The summed E-state index contributed by atoms with van der Waals surface area (Å²) in [6.45, 7) is 7.71. The highest BCUT2D eigenvalue weighted by molar-refractivity contribution is 5.46. The Morgan fingerprint density at radius 1 is 1.28 bits per heavy atom. The van der Waals surface area contributed by atoms with Gasteiger partial charge in [0.05, 0.1) is 7.11 Å². The summed E-state index contributed by atoms with van der Waals surface area (Å²) in [6, 6.07) is 4.20. The summed E-state index contributed by atoms with van der Waals surface area (Å²) < 4.78 is 10.8. The molecule has 18 heavy (non-hydrogen) atoms. The Morgan fingerprint density at radius 2 is 2.00 bits per heavy atom. The molecule has 1 aromatic rings. The molecule has 1 unspecified atom stereocenters. The van der Waals surface area contributed by atoms with Crippen molar-refractivity contribution >= 4 is 0 Å². The fourth-order valence-electron chi connectivity index (χ4n) is 2.08. The standard InChI is InChI=1S/C15H25NO2/c1-5-18-10-6-7-14(16)13-9-8-11(2)12(3)15(13)17-4/h8-9,14H,5-7,10,16H2,1-4H3. The van der Waals surface area contributed by atoms with Gasteiger partial charge in [-0.1, -0.05) is 12.1 Å². The molecule has 0 amide bonds. The first-order chi connectivity index (χ1) is 8.61. The third-order valence-electron chi connectivity index (χ3n) is 3.32. The highest BCUT2D eigenvalue weighted by Crippen LogP contribution is 2.31. The molecule has 0 heterocycles. The summed E-state index contributed by atoms with van der Waals surface area (Å²) >= 11 is 0. The maximum absolute atomic E-state index is 6.24. The van der Waals surface area contributed by atoms with E-state index >= 15 is 0 Å². The number of benzene rings is 1. The summed E-state index contributed by atoms with van der Waals surface area (Å²) in [5.41, 5.74) is 9.74. The SMILES string of the molecule is CCOCCCC(N)c1ccc(C)c(C)c1OC. The van der Waals surface area contributed by atoms with E-state index < -0.39 is 0 Å². The normalized spacial score (nSPS) is 12.5. The Hall–Kier alpha value is -1.06. The molecule has 0 radical (unpaired) electrons. The summed E-state index contributed by atoms with van der Waals surface area (Å²) in [7, 11) is 1.71. The van der Waals surface area contributed by atoms with Crippen LogP contribution in [0, 0.1) is 13.8 Å². The summed E-state index contributed by atoms with van der Waals surface area (Å²) in [4.78, 5) is 0. The van der Waals surface area contributed by atoms with Gasteiger partial charge in [-0.2, -0.15) is 0 Å². The molecule has 1 aromatic carbocycles. The fourth-order valence-corrected chi connectivity index (χ4v) is 2.08. The first kappa shape index (κ1) is 15.0. The molecule has 3 heteroatoms. The molecule has 0 saturated heterocycles. The van der Waals surface area contributed by atoms with Crippen molar-refractivity contribution in [1.29, 1.82) is 0 Å². The lowest BCUT2D eigenvalue weighted by Gasteiger charge is -2.18. The molecule has 0 aliphatic rings. The van der Waals surface area contributed by atoms with Crippen LogP contribution < -0.4 is 10.5 Å². The minimum absolute atomic E-state index is 0.0136. The molecule has 0 aromatic heterocycles. The van der Waals surface area contributed by atoms with Crippen molar-refractivity contribution in [2.75, 3.05) is 20.3 Å². The molecule has 1 rings (SSSR count). The monoisotopic (exact) mass is 251 g/mol. The Morgan fingerprint density at radius 3 is 2.61 bits per heavy atom. The molecular weight excluding hydrogens is 226 g/mol. The molecule has 0 bridgehead atoms. The van der Waals surface area contributed by atoms with Gasteiger partial charge in [-0.05, 0) is 44.7 Å². The molecule has 0 aliphatic carbocycles. The van der Waals surface area contributed by atoms with Crippen LogP contribution in [-0.4, -0.2) is 20.3 Å². The van der Waals surface area contributed by atoms with Crippen molar-refractivity contribution in [2.24, 2.45) is 5.73 Å². The second-order valence-corrected chi connectivity index (χ2v) is 4.58. The molecule has 102 valence electrons. The van der Waals surface area contributed by atoms with Crippen molar-refractivity contribution in [2.45, 2.75) is 39.7 Å². The predicted octanol–water partition coefficient (Wildman–Crippen LogP) is 3.13. The van der Waals surface area contributed by atoms with Crippen LogP contribution in [0.25, 0.3) is 0 Å². The second-order valence-electron chi connectivity index (χ2n) is 4.58. The van der Waals surface area contributed by atoms with E-state index in [1.807, 2.05) is 6.92 Å². The number of hydrogen-bond donors (Lipinski definition) is 1. The van der Waals surface area contributed by atoms with E-state index in [0.29, 0.717) is 0 Å². The Bertz CT molecular complexity index is 377. The number of ether oxygens (including phenoxy) is 2. The van der Waals surface area contributed by atoms with Gasteiger partial charge in [0, 0.05) is 24.8 Å². The van der Waals surface area contributed by atoms with E-state index in [1.165, 1.54) is 11.1 Å². The van der Waals surface area contributed by atoms with Gasteiger partial charge >= 0.3 is 0 Å². The molecule has 2 N–H and O–H groups in total. The molecule has 1 atom stereocenters. The topological polar surface area (TPSA) is 44.5 Å². The zero-order valence-corrected chi connectivity index (χ0v) is 12.0. The average Bonchev–Trinajstić information content (AvgIpc) is 2.37. The van der Waals surface area contributed by atoms with Gasteiger partial charge in [-0.25, -0.2) is 0 Å². The van der Waals surface area contributed by atoms with Gasteiger partial charge in [0.25, 0.3) is 0 Å². The lowest BCUT2D eigenvalue weighted by Crippen LogP contribution is -2.13. The van der Waals surface area contributed by atoms with E-state index in [1.54, 1.807) is 7.11 Å². The molecule has 0 spiro atoms. The van der Waals surface area contributed by atoms with Crippen LogP contribution >= 0.6 is 0 Å². The van der Waals surface area contributed by atoms with Gasteiger partial charge in [-0.15, -0.1) is 0 Å². The minimum Gasteiger partial charge on any atom is -0.496 e. The van der Waals surface area contributed by atoms with Crippen molar-refractivity contribution in [3.05, 3.63) is 28.8 Å². The Kier molecular flexibility index (Phi) is 6.16. The van der Waals surface area contributed by atoms with E-state index in [4.69, 9.17) is 15.2 Å². The van der Waals surface area contributed by atoms with Gasteiger partial charge in [0.2, 0.25) is 0 Å². The number of aryl methyl sites for hydroxylation is 1.